The summed E-state index contributed by atoms with van der Waals surface area (Å²) in [4.78, 5) is 20.1. The van der Waals surface area contributed by atoms with Gasteiger partial charge in [-0.25, -0.2) is 4.39 Å². The number of aromatic nitrogens is 1. The number of aryl methyl sites for hydroxylation is 1. The molecule has 4 rings (SSSR count). The first kappa shape index (κ1) is 19.9. The lowest BCUT2D eigenvalue weighted by Crippen LogP contribution is -2.48. The van der Waals surface area contributed by atoms with Crippen molar-refractivity contribution < 1.29 is 9.18 Å². The number of fused-ring (bicyclic) bond motifs is 1. The summed E-state index contributed by atoms with van der Waals surface area (Å²) in [6.07, 6.45) is 4.38. The molecule has 29 heavy (non-hydrogen) atoms. The van der Waals surface area contributed by atoms with Crippen LogP contribution in [0.15, 0.2) is 48.7 Å². The highest BCUT2D eigenvalue weighted by Gasteiger charge is 2.21. The van der Waals surface area contributed by atoms with Gasteiger partial charge in [0.1, 0.15) is 5.82 Å². The molecule has 1 N–H and O–H groups in total. The fourth-order valence-corrected chi connectivity index (χ4v) is 4.20. The molecule has 0 aliphatic carbocycles. The quantitative estimate of drug-likeness (QED) is 0.640. The minimum Gasteiger partial charge on any atom is -0.361 e. The van der Waals surface area contributed by atoms with Gasteiger partial charge in [0, 0.05) is 61.3 Å². The maximum atomic E-state index is 13.2. The third kappa shape index (κ3) is 4.80. The average Bonchev–Trinajstić information content (AvgIpc) is 3.14. The van der Waals surface area contributed by atoms with E-state index in [0.717, 1.165) is 50.1 Å². The molecule has 1 amide bonds. The molecule has 6 heteroatoms. The third-order valence-corrected chi connectivity index (χ3v) is 6.00. The maximum absolute atomic E-state index is 13.2. The first-order valence-electron chi connectivity index (χ1n) is 10.1. The number of amides is 1. The molecule has 2 heterocycles. The zero-order valence-electron chi connectivity index (χ0n) is 16.3. The Hall–Kier alpha value is -2.37. The second kappa shape index (κ2) is 8.97. The average molecular weight is 414 g/mol. The number of H-pyrrole nitrogens is 1. The Labute approximate surface area is 175 Å². The van der Waals surface area contributed by atoms with E-state index in [1.165, 1.54) is 23.1 Å². The number of benzene rings is 2. The molecule has 4 nitrogen and oxygen atoms in total. The summed E-state index contributed by atoms with van der Waals surface area (Å²) in [5.74, 6) is -0.0916. The van der Waals surface area contributed by atoms with Gasteiger partial charge < -0.3 is 9.88 Å². The van der Waals surface area contributed by atoms with Crippen molar-refractivity contribution in [3.8, 4) is 0 Å². The van der Waals surface area contributed by atoms with E-state index in [9.17, 15) is 9.18 Å². The fraction of sp³-hybridized carbons (Fsp3) is 0.348. The summed E-state index contributed by atoms with van der Waals surface area (Å²) in [5, 5.41) is 1.70. The Bertz CT molecular complexity index is 995. The molecular weight excluding hydrogens is 389 g/mol. The summed E-state index contributed by atoms with van der Waals surface area (Å²) in [6, 6.07) is 12.8. The normalized spacial score (nSPS) is 15.2. The van der Waals surface area contributed by atoms with Crippen molar-refractivity contribution in [3.63, 3.8) is 0 Å². The van der Waals surface area contributed by atoms with E-state index in [2.05, 4.69) is 28.2 Å². The summed E-state index contributed by atoms with van der Waals surface area (Å²) in [7, 11) is 0. The van der Waals surface area contributed by atoms with Gasteiger partial charge >= 0.3 is 0 Å². The second-order valence-corrected chi connectivity index (χ2v) is 8.01. The lowest BCUT2D eigenvalue weighted by atomic mass is 10.1. The van der Waals surface area contributed by atoms with Crippen LogP contribution in [0.5, 0.6) is 0 Å². The van der Waals surface area contributed by atoms with Gasteiger partial charge in [-0.2, -0.15) is 0 Å². The van der Waals surface area contributed by atoms with Crippen LogP contribution in [0.3, 0.4) is 0 Å². The number of carbonyl (C=O) groups is 1. The topological polar surface area (TPSA) is 39.3 Å². The molecule has 0 atom stereocenters. The minimum atomic E-state index is -0.318. The van der Waals surface area contributed by atoms with E-state index in [0.29, 0.717) is 18.0 Å². The number of rotatable bonds is 6. The molecule has 0 bridgehead atoms. The molecule has 3 aromatic rings. The lowest BCUT2D eigenvalue weighted by molar-refractivity contribution is -0.133. The fourth-order valence-electron chi connectivity index (χ4n) is 3.97. The van der Waals surface area contributed by atoms with Gasteiger partial charge in [-0.05, 0) is 42.2 Å². The van der Waals surface area contributed by atoms with Gasteiger partial charge in [0.25, 0.3) is 0 Å². The number of aromatic amines is 1. The highest BCUT2D eigenvalue weighted by molar-refractivity contribution is 6.31. The van der Waals surface area contributed by atoms with Crippen LogP contribution in [0.2, 0.25) is 5.02 Å². The predicted octanol–water partition coefficient (Wildman–Crippen LogP) is 4.63. The SMILES string of the molecule is O=C(CCCc1c[nH]c2ccccc12)N1CCN(Cc2ccc(F)cc2Cl)CC1. The summed E-state index contributed by atoms with van der Waals surface area (Å²) < 4.78 is 13.2. The van der Waals surface area contributed by atoms with Crippen LogP contribution in [0, 0.1) is 5.82 Å². The van der Waals surface area contributed by atoms with Gasteiger partial charge in [0.15, 0.2) is 0 Å². The molecular formula is C23H25ClFN3O. The minimum absolute atomic E-state index is 0.226. The van der Waals surface area contributed by atoms with Crippen molar-refractivity contribution in [2.75, 3.05) is 26.2 Å². The Morgan fingerprint density at radius 1 is 1.07 bits per heavy atom. The van der Waals surface area contributed by atoms with Gasteiger partial charge in [-0.1, -0.05) is 35.9 Å². The molecule has 0 radical (unpaired) electrons. The van der Waals surface area contributed by atoms with Crippen LogP contribution in [0.4, 0.5) is 4.39 Å². The molecule has 0 saturated carbocycles. The number of hydrogen-bond donors (Lipinski definition) is 1. The smallest absolute Gasteiger partial charge is 0.222 e. The van der Waals surface area contributed by atoms with Gasteiger partial charge in [0.05, 0.1) is 0 Å². The predicted molar refractivity (Wildman–Crippen MR) is 115 cm³/mol. The van der Waals surface area contributed by atoms with Gasteiger partial charge in [0.2, 0.25) is 5.91 Å². The van der Waals surface area contributed by atoms with E-state index >= 15 is 0 Å². The van der Waals surface area contributed by atoms with E-state index < -0.39 is 0 Å². The Kier molecular flexibility index (Phi) is 6.16. The Balaban J connectivity index is 1.23. The van der Waals surface area contributed by atoms with Gasteiger partial charge in [-0.3, -0.25) is 9.69 Å². The molecule has 1 aliphatic rings. The monoisotopic (exact) mass is 413 g/mol. The number of nitrogens with one attached hydrogen (secondary N) is 1. The zero-order chi connectivity index (χ0) is 20.2. The maximum Gasteiger partial charge on any atom is 0.222 e. The molecule has 1 aromatic heterocycles. The Morgan fingerprint density at radius 2 is 1.86 bits per heavy atom. The lowest BCUT2D eigenvalue weighted by Gasteiger charge is -2.35. The van der Waals surface area contributed by atoms with Crippen LogP contribution in [-0.2, 0) is 17.8 Å². The van der Waals surface area contributed by atoms with Crippen molar-refractivity contribution in [1.82, 2.24) is 14.8 Å². The van der Waals surface area contributed by atoms with Crippen molar-refractivity contribution >= 4 is 28.4 Å². The molecule has 1 fully saturated rings. The molecule has 1 saturated heterocycles. The first-order chi connectivity index (χ1) is 14.1. The number of carbonyl (C=O) groups excluding carboxylic acids is 1. The van der Waals surface area contributed by atoms with Crippen molar-refractivity contribution in [3.05, 3.63) is 70.6 Å². The van der Waals surface area contributed by atoms with Crippen LogP contribution >= 0.6 is 11.6 Å². The molecule has 1 aliphatic heterocycles. The molecule has 152 valence electrons. The number of nitrogens with zero attached hydrogens (tertiary/aromatic N) is 2. The summed E-state index contributed by atoms with van der Waals surface area (Å²) in [5.41, 5.74) is 3.34. The zero-order valence-corrected chi connectivity index (χ0v) is 17.1. The summed E-state index contributed by atoms with van der Waals surface area (Å²) in [6.45, 7) is 3.75. The van der Waals surface area contributed by atoms with E-state index in [-0.39, 0.29) is 11.7 Å². The van der Waals surface area contributed by atoms with Crippen LogP contribution < -0.4 is 0 Å². The van der Waals surface area contributed by atoms with Crippen LogP contribution in [0.25, 0.3) is 10.9 Å². The number of halogens is 2. The number of piperazine rings is 1. The third-order valence-electron chi connectivity index (χ3n) is 5.65. The van der Waals surface area contributed by atoms with E-state index in [4.69, 9.17) is 11.6 Å². The standard InChI is InChI=1S/C23H25ClFN3O/c24-21-14-19(25)9-8-18(21)16-27-10-12-28(13-11-27)23(29)7-3-4-17-15-26-22-6-2-1-5-20(17)22/h1-2,5-6,8-9,14-15,26H,3-4,7,10-13,16H2. The largest absolute Gasteiger partial charge is 0.361 e. The highest BCUT2D eigenvalue weighted by Crippen LogP contribution is 2.21. The highest BCUT2D eigenvalue weighted by atomic mass is 35.5. The van der Waals surface area contributed by atoms with Crippen molar-refractivity contribution in [1.29, 1.82) is 0 Å². The second-order valence-electron chi connectivity index (χ2n) is 7.61. The molecule has 0 spiro atoms. The number of para-hydroxylation sites is 1. The van der Waals surface area contributed by atoms with E-state index in [1.807, 2.05) is 17.0 Å². The van der Waals surface area contributed by atoms with Crippen molar-refractivity contribution in [2.24, 2.45) is 0 Å². The van der Waals surface area contributed by atoms with E-state index in [1.54, 1.807) is 6.07 Å². The van der Waals surface area contributed by atoms with Crippen LogP contribution in [0.1, 0.15) is 24.0 Å². The number of hydrogen-bond acceptors (Lipinski definition) is 2. The molecule has 0 unspecified atom stereocenters. The molecule has 2 aromatic carbocycles. The van der Waals surface area contributed by atoms with Crippen molar-refractivity contribution in [2.45, 2.75) is 25.8 Å². The first-order valence-corrected chi connectivity index (χ1v) is 10.5. The van der Waals surface area contributed by atoms with Gasteiger partial charge in [-0.15, -0.1) is 0 Å². The Morgan fingerprint density at radius 3 is 2.66 bits per heavy atom. The van der Waals surface area contributed by atoms with Crippen LogP contribution in [-0.4, -0.2) is 46.9 Å². The summed E-state index contributed by atoms with van der Waals surface area (Å²) >= 11 is 6.13.